The van der Waals surface area contributed by atoms with Gasteiger partial charge in [-0.2, -0.15) is 5.10 Å². The zero-order valence-electron chi connectivity index (χ0n) is 16.3. The van der Waals surface area contributed by atoms with E-state index < -0.39 is 0 Å². The van der Waals surface area contributed by atoms with E-state index in [0.717, 1.165) is 55.9 Å². The van der Waals surface area contributed by atoms with Gasteiger partial charge in [0.05, 0.1) is 5.69 Å². The summed E-state index contributed by atoms with van der Waals surface area (Å²) in [7, 11) is 0. The molecule has 1 saturated heterocycles. The Labute approximate surface area is 161 Å². The molecule has 2 aliphatic rings. The van der Waals surface area contributed by atoms with Crippen LogP contribution in [0.5, 0.6) is 0 Å². The van der Waals surface area contributed by atoms with Crippen LogP contribution in [0.4, 0.5) is 0 Å². The van der Waals surface area contributed by atoms with E-state index in [1.54, 1.807) is 0 Å². The van der Waals surface area contributed by atoms with Gasteiger partial charge in [0.15, 0.2) is 5.69 Å². The van der Waals surface area contributed by atoms with Gasteiger partial charge in [-0.3, -0.25) is 4.79 Å². The Balaban J connectivity index is 1.38. The van der Waals surface area contributed by atoms with Gasteiger partial charge in [-0.15, -0.1) is 0 Å². The van der Waals surface area contributed by atoms with Crippen molar-refractivity contribution < 1.29 is 4.79 Å². The van der Waals surface area contributed by atoms with Crippen LogP contribution in [-0.2, 0) is 12.8 Å². The van der Waals surface area contributed by atoms with Crippen LogP contribution in [0.25, 0.3) is 5.69 Å². The van der Waals surface area contributed by atoms with Crippen molar-refractivity contribution in [1.82, 2.24) is 20.0 Å². The van der Waals surface area contributed by atoms with Crippen molar-refractivity contribution in [3.63, 3.8) is 0 Å². The first-order valence-electron chi connectivity index (χ1n) is 10.4. The number of nitrogens with one attached hydrogen (secondary N) is 1. The Kier molecular flexibility index (Phi) is 5.58. The number of nitrogens with zero attached hydrogens (tertiary/aromatic N) is 3. The maximum absolute atomic E-state index is 12.8. The lowest BCUT2D eigenvalue weighted by atomic mass is 9.93. The number of carbonyl (C=O) groups excluding carboxylic acids is 1. The van der Waals surface area contributed by atoms with Crippen molar-refractivity contribution in [2.45, 2.75) is 45.4 Å². The average Bonchev–Trinajstić information content (AvgIpc) is 3.32. The first-order valence-corrected chi connectivity index (χ1v) is 10.4. The van der Waals surface area contributed by atoms with Crippen LogP contribution in [-0.4, -0.2) is 46.8 Å². The second kappa shape index (κ2) is 8.26. The molecule has 5 heteroatoms. The van der Waals surface area contributed by atoms with Crippen molar-refractivity contribution in [3.05, 3.63) is 47.3 Å². The molecular weight excluding hydrogens is 336 g/mol. The highest BCUT2D eigenvalue weighted by Crippen LogP contribution is 2.28. The Morgan fingerprint density at radius 3 is 2.70 bits per heavy atom. The predicted molar refractivity (Wildman–Crippen MR) is 107 cm³/mol. The molecule has 1 N–H and O–H groups in total. The smallest absolute Gasteiger partial charge is 0.272 e. The van der Waals surface area contributed by atoms with Crippen molar-refractivity contribution in [3.8, 4) is 5.69 Å². The maximum atomic E-state index is 12.8. The number of hydrogen-bond acceptors (Lipinski definition) is 3. The summed E-state index contributed by atoms with van der Waals surface area (Å²) in [5.41, 5.74) is 4.02. The summed E-state index contributed by atoms with van der Waals surface area (Å²) in [4.78, 5) is 15.3. The number of carbonyl (C=O) groups is 1. The molecule has 2 aromatic rings. The van der Waals surface area contributed by atoms with Crippen molar-refractivity contribution in [1.29, 1.82) is 0 Å². The Bertz CT molecular complexity index is 775. The first-order chi connectivity index (χ1) is 13.3. The molecule has 2 heterocycles. The fraction of sp³-hybridized carbons (Fsp3) is 0.545. The zero-order valence-corrected chi connectivity index (χ0v) is 16.3. The van der Waals surface area contributed by atoms with Gasteiger partial charge < -0.3 is 10.2 Å². The van der Waals surface area contributed by atoms with Gasteiger partial charge >= 0.3 is 0 Å². The molecule has 1 fully saturated rings. The summed E-state index contributed by atoms with van der Waals surface area (Å²) in [6.07, 6.45) is 6.64. The lowest BCUT2D eigenvalue weighted by Gasteiger charge is -2.30. The average molecular weight is 367 g/mol. The maximum Gasteiger partial charge on any atom is 0.272 e. The number of aromatic nitrogens is 2. The van der Waals surface area contributed by atoms with Crippen LogP contribution < -0.4 is 5.32 Å². The highest BCUT2D eigenvalue weighted by molar-refractivity contribution is 5.94. The highest BCUT2D eigenvalue weighted by Gasteiger charge is 2.27. The molecule has 1 aromatic heterocycles. The summed E-state index contributed by atoms with van der Waals surface area (Å²) in [5.74, 6) is 0.731. The third-order valence-corrected chi connectivity index (χ3v) is 6.14. The molecule has 4 rings (SSSR count). The molecule has 27 heavy (non-hydrogen) atoms. The quantitative estimate of drug-likeness (QED) is 0.854. The van der Waals surface area contributed by atoms with Crippen LogP contribution in [0.1, 0.15) is 54.4 Å². The van der Waals surface area contributed by atoms with Gasteiger partial charge in [0, 0.05) is 17.8 Å². The SMILES string of the molecule is CCN1CCC(CCNC(=O)c2nn(-c3ccccc3)c3c2CCC3)CC1. The highest BCUT2D eigenvalue weighted by atomic mass is 16.1. The van der Waals surface area contributed by atoms with Gasteiger partial charge in [-0.05, 0) is 76.2 Å². The van der Waals surface area contributed by atoms with E-state index in [9.17, 15) is 4.79 Å². The monoisotopic (exact) mass is 366 g/mol. The minimum Gasteiger partial charge on any atom is -0.351 e. The molecule has 0 saturated carbocycles. The molecule has 0 unspecified atom stereocenters. The lowest BCUT2D eigenvalue weighted by molar-refractivity contribution is 0.0942. The number of likely N-dealkylation sites (tertiary alicyclic amines) is 1. The third kappa shape index (κ3) is 3.93. The van der Waals surface area contributed by atoms with Crippen molar-refractivity contribution >= 4 is 5.91 Å². The van der Waals surface area contributed by atoms with Crippen LogP contribution >= 0.6 is 0 Å². The van der Waals surface area contributed by atoms with Gasteiger partial charge in [0.2, 0.25) is 0 Å². The number of hydrogen-bond donors (Lipinski definition) is 1. The first kappa shape index (κ1) is 18.2. The Morgan fingerprint density at radius 1 is 1.19 bits per heavy atom. The largest absolute Gasteiger partial charge is 0.351 e. The van der Waals surface area contributed by atoms with E-state index in [2.05, 4.69) is 34.4 Å². The summed E-state index contributed by atoms with van der Waals surface area (Å²) in [5, 5.41) is 7.82. The summed E-state index contributed by atoms with van der Waals surface area (Å²) >= 11 is 0. The number of para-hydroxylation sites is 1. The van der Waals surface area contributed by atoms with Crippen LogP contribution in [0.3, 0.4) is 0 Å². The van der Waals surface area contributed by atoms with Crippen LogP contribution in [0.15, 0.2) is 30.3 Å². The normalized spacial score (nSPS) is 17.8. The van der Waals surface area contributed by atoms with E-state index in [1.165, 1.54) is 31.6 Å². The number of amides is 1. The lowest BCUT2D eigenvalue weighted by Crippen LogP contribution is -2.35. The number of fused-ring (bicyclic) bond motifs is 1. The van der Waals surface area contributed by atoms with E-state index in [0.29, 0.717) is 5.69 Å². The van der Waals surface area contributed by atoms with Crippen molar-refractivity contribution in [2.75, 3.05) is 26.2 Å². The van der Waals surface area contributed by atoms with E-state index in [1.807, 2.05) is 22.9 Å². The standard InChI is InChI=1S/C22H30N4O/c1-2-25-15-12-17(13-16-25)11-14-23-22(27)21-19-9-6-10-20(19)26(24-21)18-7-4-3-5-8-18/h3-5,7-8,17H,2,6,9-16H2,1H3,(H,23,27). The van der Waals surface area contributed by atoms with Gasteiger partial charge in [-0.25, -0.2) is 4.68 Å². The van der Waals surface area contributed by atoms with Gasteiger partial charge in [-0.1, -0.05) is 25.1 Å². The molecule has 0 atom stereocenters. The fourth-order valence-corrected chi connectivity index (χ4v) is 4.47. The molecule has 1 aromatic carbocycles. The minimum atomic E-state index is -0.00572. The zero-order chi connectivity index (χ0) is 18.6. The number of rotatable bonds is 6. The number of benzene rings is 1. The topological polar surface area (TPSA) is 50.2 Å². The molecular formula is C22H30N4O. The number of piperidine rings is 1. The summed E-state index contributed by atoms with van der Waals surface area (Å²) in [6.45, 7) is 6.53. The third-order valence-electron chi connectivity index (χ3n) is 6.14. The minimum absolute atomic E-state index is 0.00572. The molecule has 144 valence electrons. The summed E-state index contributed by atoms with van der Waals surface area (Å²) in [6, 6.07) is 10.1. The van der Waals surface area contributed by atoms with Gasteiger partial charge in [0.1, 0.15) is 0 Å². The van der Waals surface area contributed by atoms with Crippen molar-refractivity contribution in [2.24, 2.45) is 5.92 Å². The van der Waals surface area contributed by atoms with Gasteiger partial charge in [0.25, 0.3) is 5.91 Å². The summed E-state index contributed by atoms with van der Waals surface area (Å²) < 4.78 is 1.97. The molecule has 1 aliphatic heterocycles. The Morgan fingerprint density at radius 2 is 1.96 bits per heavy atom. The molecule has 1 aliphatic carbocycles. The fourth-order valence-electron chi connectivity index (χ4n) is 4.47. The molecule has 1 amide bonds. The predicted octanol–water partition coefficient (Wildman–Crippen LogP) is 3.21. The van der Waals surface area contributed by atoms with E-state index in [4.69, 9.17) is 0 Å². The van der Waals surface area contributed by atoms with Crippen LogP contribution in [0.2, 0.25) is 0 Å². The van der Waals surface area contributed by atoms with E-state index in [-0.39, 0.29) is 5.91 Å². The molecule has 0 spiro atoms. The molecule has 5 nitrogen and oxygen atoms in total. The Hall–Kier alpha value is -2.14. The van der Waals surface area contributed by atoms with E-state index >= 15 is 0 Å². The second-order valence-electron chi connectivity index (χ2n) is 7.80. The molecule has 0 radical (unpaired) electrons. The molecule has 0 bridgehead atoms. The van der Waals surface area contributed by atoms with Crippen LogP contribution in [0, 0.1) is 5.92 Å². The second-order valence-corrected chi connectivity index (χ2v) is 7.80.